The molecule has 0 unspecified atom stereocenters. The Morgan fingerprint density at radius 2 is 2.50 bits per heavy atom. The van der Waals surface area contributed by atoms with Crippen LogP contribution in [0.3, 0.4) is 0 Å². The maximum Gasteiger partial charge on any atom is 0.116 e. The van der Waals surface area contributed by atoms with Crippen LogP contribution in [0.15, 0.2) is 6.20 Å². The average Bonchev–Trinajstić information content (AvgIpc) is 2.37. The third-order valence-electron chi connectivity index (χ3n) is 1.23. The molecular formula is C6H11N3S. The molecular weight excluding hydrogens is 146 g/mol. The van der Waals surface area contributed by atoms with Crippen molar-refractivity contribution in [3.05, 3.63) is 17.7 Å². The predicted molar refractivity (Wildman–Crippen MR) is 44.0 cm³/mol. The van der Waals surface area contributed by atoms with Gasteiger partial charge in [0.1, 0.15) is 5.82 Å². The van der Waals surface area contributed by atoms with E-state index in [1.54, 1.807) is 0 Å². The van der Waals surface area contributed by atoms with Gasteiger partial charge in [-0.15, -0.1) is 0 Å². The number of hydrogen-bond donors (Lipinski definition) is 3. The lowest BCUT2D eigenvalue weighted by molar-refractivity contribution is 0.928. The Bertz CT molecular complexity index is 197. The van der Waals surface area contributed by atoms with E-state index in [0.29, 0.717) is 12.3 Å². The second-order valence-electron chi connectivity index (χ2n) is 2.04. The minimum absolute atomic E-state index is 0.650. The molecule has 0 spiro atoms. The van der Waals surface area contributed by atoms with Crippen LogP contribution < -0.4 is 5.73 Å². The molecule has 0 aliphatic rings. The lowest BCUT2D eigenvalue weighted by Crippen LogP contribution is -2.02. The van der Waals surface area contributed by atoms with Gasteiger partial charge in [-0.05, 0) is 6.54 Å². The van der Waals surface area contributed by atoms with Gasteiger partial charge in [-0.25, -0.2) is 4.98 Å². The maximum absolute atomic E-state index is 5.34. The Kier molecular flexibility index (Phi) is 2.77. The summed E-state index contributed by atoms with van der Waals surface area (Å²) in [4.78, 5) is 7.20. The second kappa shape index (κ2) is 3.63. The Morgan fingerprint density at radius 3 is 3.00 bits per heavy atom. The van der Waals surface area contributed by atoms with Crippen LogP contribution in [0.1, 0.15) is 11.5 Å². The van der Waals surface area contributed by atoms with Crippen LogP contribution in [-0.2, 0) is 12.2 Å². The molecule has 1 heterocycles. The summed E-state index contributed by atoms with van der Waals surface area (Å²) in [5, 5.41) is 0. The standard InChI is InChI=1S/C6H11N3S/c7-2-1-5-3-8-6(4-10)9-5/h3,10H,1-2,4,7H2,(H,8,9). The summed E-state index contributed by atoms with van der Waals surface area (Å²) in [6, 6.07) is 0. The smallest absolute Gasteiger partial charge is 0.116 e. The Hall–Kier alpha value is -0.480. The number of imidazole rings is 1. The zero-order valence-electron chi connectivity index (χ0n) is 5.67. The fraction of sp³-hybridized carbons (Fsp3) is 0.500. The van der Waals surface area contributed by atoms with Crippen molar-refractivity contribution in [3.63, 3.8) is 0 Å². The van der Waals surface area contributed by atoms with Crippen LogP contribution in [0, 0.1) is 0 Å². The molecule has 3 nitrogen and oxygen atoms in total. The number of hydrogen-bond acceptors (Lipinski definition) is 3. The molecule has 0 atom stereocenters. The van der Waals surface area contributed by atoms with Crippen molar-refractivity contribution in [3.8, 4) is 0 Å². The normalized spacial score (nSPS) is 10.2. The quantitative estimate of drug-likeness (QED) is 0.554. The van der Waals surface area contributed by atoms with Gasteiger partial charge in [0.15, 0.2) is 0 Å². The van der Waals surface area contributed by atoms with E-state index in [1.165, 1.54) is 0 Å². The molecule has 1 aromatic heterocycles. The molecule has 0 aliphatic carbocycles. The fourth-order valence-electron chi connectivity index (χ4n) is 0.761. The first-order valence-corrected chi connectivity index (χ1v) is 3.84. The highest BCUT2D eigenvalue weighted by atomic mass is 32.1. The topological polar surface area (TPSA) is 54.7 Å². The highest BCUT2D eigenvalue weighted by Crippen LogP contribution is 1.99. The molecule has 10 heavy (non-hydrogen) atoms. The summed E-state index contributed by atoms with van der Waals surface area (Å²) in [5.74, 6) is 1.57. The summed E-state index contributed by atoms with van der Waals surface area (Å²) in [6.45, 7) is 0.650. The van der Waals surface area contributed by atoms with Crippen molar-refractivity contribution in [1.82, 2.24) is 9.97 Å². The van der Waals surface area contributed by atoms with E-state index in [2.05, 4.69) is 22.6 Å². The summed E-state index contributed by atoms with van der Waals surface area (Å²) < 4.78 is 0. The van der Waals surface area contributed by atoms with Crippen molar-refractivity contribution in [2.24, 2.45) is 5.73 Å². The molecule has 0 aliphatic heterocycles. The van der Waals surface area contributed by atoms with E-state index in [1.807, 2.05) is 6.20 Å². The van der Waals surface area contributed by atoms with E-state index in [0.717, 1.165) is 17.9 Å². The molecule has 0 saturated heterocycles. The highest BCUT2D eigenvalue weighted by Gasteiger charge is 1.96. The van der Waals surface area contributed by atoms with E-state index in [9.17, 15) is 0 Å². The Labute approximate surface area is 65.4 Å². The second-order valence-corrected chi connectivity index (χ2v) is 2.35. The van der Waals surface area contributed by atoms with Crippen LogP contribution >= 0.6 is 12.6 Å². The lowest BCUT2D eigenvalue weighted by atomic mass is 10.3. The van der Waals surface area contributed by atoms with E-state index in [4.69, 9.17) is 5.73 Å². The average molecular weight is 157 g/mol. The van der Waals surface area contributed by atoms with E-state index >= 15 is 0 Å². The monoisotopic (exact) mass is 157 g/mol. The maximum atomic E-state index is 5.34. The molecule has 1 rings (SSSR count). The summed E-state index contributed by atoms with van der Waals surface area (Å²) in [6.07, 6.45) is 2.71. The zero-order valence-corrected chi connectivity index (χ0v) is 6.56. The molecule has 0 aromatic carbocycles. The van der Waals surface area contributed by atoms with Crippen molar-refractivity contribution in [2.75, 3.05) is 6.54 Å². The first-order chi connectivity index (χ1) is 4.86. The highest BCUT2D eigenvalue weighted by molar-refractivity contribution is 7.79. The molecule has 0 radical (unpaired) electrons. The number of H-pyrrole nitrogens is 1. The van der Waals surface area contributed by atoms with Crippen LogP contribution in [0.4, 0.5) is 0 Å². The fourth-order valence-corrected chi connectivity index (χ4v) is 0.923. The van der Waals surface area contributed by atoms with Gasteiger partial charge in [0, 0.05) is 18.4 Å². The molecule has 0 fully saturated rings. The van der Waals surface area contributed by atoms with Crippen molar-refractivity contribution in [1.29, 1.82) is 0 Å². The lowest BCUT2D eigenvalue weighted by Gasteiger charge is -1.87. The first kappa shape index (κ1) is 7.63. The number of aromatic amines is 1. The van der Waals surface area contributed by atoms with Crippen LogP contribution in [-0.4, -0.2) is 16.5 Å². The molecule has 56 valence electrons. The predicted octanol–water partition coefficient (Wildman–Crippen LogP) is 0.341. The van der Waals surface area contributed by atoms with Crippen molar-refractivity contribution >= 4 is 12.6 Å². The molecule has 4 heteroatoms. The molecule has 0 amide bonds. The number of nitrogens with two attached hydrogens (primary N) is 1. The van der Waals surface area contributed by atoms with Crippen LogP contribution in [0.2, 0.25) is 0 Å². The van der Waals surface area contributed by atoms with Gasteiger partial charge in [-0.2, -0.15) is 12.6 Å². The summed E-state index contributed by atoms with van der Waals surface area (Å²) in [7, 11) is 0. The number of nitrogens with zero attached hydrogens (tertiary/aromatic N) is 1. The summed E-state index contributed by atoms with van der Waals surface area (Å²) in [5.41, 5.74) is 6.36. The van der Waals surface area contributed by atoms with Gasteiger partial charge in [0.05, 0.1) is 5.69 Å². The largest absolute Gasteiger partial charge is 0.348 e. The number of rotatable bonds is 3. The SMILES string of the molecule is NCCc1c[nH]c(CS)n1. The van der Waals surface area contributed by atoms with Gasteiger partial charge in [0.2, 0.25) is 0 Å². The summed E-state index contributed by atoms with van der Waals surface area (Å²) >= 11 is 4.07. The van der Waals surface area contributed by atoms with Gasteiger partial charge >= 0.3 is 0 Å². The van der Waals surface area contributed by atoms with Crippen molar-refractivity contribution < 1.29 is 0 Å². The third-order valence-corrected chi connectivity index (χ3v) is 1.53. The van der Waals surface area contributed by atoms with Crippen LogP contribution in [0.25, 0.3) is 0 Å². The number of nitrogens with one attached hydrogen (secondary N) is 1. The number of aromatic nitrogens is 2. The van der Waals surface area contributed by atoms with Gasteiger partial charge in [-0.1, -0.05) is 0 Å². The van der Waals surface area contributed by atoms with E-state index in [-0.39, 0.29) is 0 Å². The van der Waals surface area contributed by atoms with Gasteiger partial charge in [0.25, 0.3) is 0 Å². The Morgan fingerprint density at radius 1 is 1.70 bits per heavy atom. The Balaban J connectivity index is 2.59. The molecule has 0 bridgehead atoms. The zero-order chi connectivity index (χ0) is 7.40. The minimum Gasteiger partial charge on any atom is -0.348 e. The van der Waals surface area contributed by atoms with E-state index < -0.39 is 0 Å². The van der Waals surface area contributed by atoms with Gasteiger partial charge < -0.3 is 10.7 Å². The third kappa shape index (κ3) is 1.75. The first-order valence-electron chi connectivity index (χ1n) is 3.21. The van der Waals surface area contributed by atoms with Crippen LogP contribution in [0.5, 0.6) is 0 Å². The minimum atomic E-state index is 0.650. The molecule has 3 N–H and O–H groups in total. The molecule has 0 saturated carbocycles. The molecule has 1 aromatic rings. The van der Waals surface area contributed by atoms with Crippen molar-refractivity contribution in [2.45, 2.75) is 12.2 Å². The van der Waals surface area contributed by atoms with Gasteiger partial charge in [-0.3, -0.25) is 0 Å². The number of thiol groups is 1.